The lowest BCUT2D eigenvalue weighted by Gasteiger charge is -2.11. The Kier molecular flexibility index (Phi) is 4.44. The third-order valence-electron chi connectivity index (χ3n) is 3.70. The minimum Gasteiger partial charge on any atom is -0.383 e. The number of nitriles is 1. The van der Waals surface area contributed by atoms with Gasteiger partial charge in [-0.3, -0.25) is 0 Å². The van der Waals surface area contributed by atoms with Gasteiger partial charge in [-0.15, -0.1) is 0 Å². The van der Waals surface area contributed by atoms with Crippen molar-refractivity contribution in [3.63, 3.8) is 0 Å². The number of benzene rings is 2. The molecule has 0 radical (unpaired) electrons. The summed E-state index contributed by atoms with van der Waals surface area (Å²) < 4.78 is 0. The van der Waals surface area contributed by atoms with E-state index in [0.29, 0.717) is 26.9 Å². The van der Waals surface area contributed by atoms with Crippen LogP contribution < -0.4 is 5.73 Å². The van der Waals surface area contributed by atoms with Crippen LogP contribution in [0.25, 0.3) is 22.4 Å². The molecule has 0 fully saturated rings. The van der Waals surface area contributed by atoms with E-state index in [1.807, 2.05) is 43.3 Å². The molecule has 0 unspecified atom stereocenters. The predicted octanol–water partition coefficient (Wildman–Crippen LogP) is 5.48. The minimum absolute atomic E-state index is 0.192. The standard InChI is InChI=1S/C19H13Cl2N3/c1-11-3-2-4-13(7-11)18-9-14(15(10-22)19(23)24-18)12-5-6-16(20)17(21)8-12/h2-9H,1H3,(H2,23,24). The van der Waals surface area contributed by atoms with E-state index in [-0.39, 0.29) is 5.82 Å². The molecule has 0 saturated heterocycles. The van der Waals surface area contributed by atoms with E-state index in [2.05, 4.69) is 11.1 Å². The number of nitrogen functional groups attached to an aromatic ring is 1. The molecule has 0 atom stereocenters. The van der Waals surface area contributed by atoms with E-state index >= 15 is 0 Å². The molecule has 0 bridgehead atoms. The predicted molar refractivity (Wildman–Crippen MR) is 99.0 cm³/mol. The van der Waals surface area contributed by atoms with Gasteiger partial charge >= 0.3 is 0 Å². The Balaban J connectivity index is 2.24. The average molecular weight is 354 g/mol. The van der Waals surface area contributed by atoms with E-state index in [4.69, 9.17) is 28.9 Å². The van der Waals surface area contributed by atoms with Crippen LogP contribution in [0.3, 0.4) is 0 Å². The number of hydrogen-bond donors (Lipinski definition) is 1. The normalized spacial score (nSPS) is 10.4. The van der Waals surface area contributed by atoms with Crippen LogP contribution in [0.5, 0.6) is 0 Å². The molecule has 0 aliphatic carbocycles. The molecular weight excluding hydrogens is 341 g/mol. The van der Waals surface area contributed by atoms with Crippen molar-refractivity contribution < 1.29 is 0 Å². The lowest BCUT2D eigenvalue weighted by atomic mass is 9.98. The van der Waals surface area contributed by atoms with Gasteiger partial charge in [-0.2, -0.15) is 5.26 Å². The minimum atomic E-state index is 0.192. The van der Waals surface area contributed by atoms with Gasteiger partial charge in [-0.05, 0) is 36.8 Å². The van der Waals surface area contributed by atoms with Crippen molar-refractivity contribution in [2.75, 3.05) is 5.73 Å². The fourth-order valence-corrected chi connectivity index (χ4v) is 2.82. The maximum Gasteiger partial charge on any atom is 0.142 e. The van der Waals surface area contributed by atoms with Crippen molar-refractivity contribution in [3.8, 4) is 28.5 Å². The van der Waals surface area contributed by atoms with Gasteiger partial charge in [0.25, 0.3) is 0 Å². The summed E-state index contributed by atoms with van der Waals surface area (Å²) in [6.45, 7) is 2.01. The van der Waals surface area contributed by atoms with Crippen LogP contribution >= 0.6 is 23.2 Å². The number of nitrogens with two attached hydrogens (primary N) is 1. The highest BCUT2D eigenvalue weighted by atomic mass is 35.5. The molecule has 0 amide bonds. The van der Waals surface area contributed by atoms with Crippen molar-refractivity contribution in [2.24, 2.45) is 0 Å². The summed E-state index contributed by atoms with van der Waals surface area (Å²) in [5.41, 5.74) is 10.6. The van der Waals surface area contributed by atoms with Gasteiger partial charge in [0.15, 0.2) is 0 Å². The third kappa shape index (κ3) is 3.07. The van der Waals surface area contributed by atoms with Crippen LogP contribution in [-0.4, -0.2) is 4.98 Å². The SMILES string of the molecule is Cc1cccc(-c2cc(-c3ccc(Cl)c(Cl)c3)c(C#N)c(N)n2)c1. The highest BCUT2D eigenvalue weighted by Gasteiger charge is 2.14. The lowest BCUT2D eigenvalue weighted by molar-refractivity contribution is 1.30. The highest BCUT2D eigenvalue weighted by Crippen LogP contribution is 2.34. The van der Waals surface area contributed by atoms with Gasteiger partial charge in [0.1, 0.15) is 17.5 Å². The van der Waals surface area contributed by atoms with Crippen molar-refractivity contribution in [1.29, 1.82) is 5.26 Å². The zero-order valence-corrected chi connectivity index (χ0v) is 14.4. The Labute approximate surface area is 150 Å². The summed E-state index contributed by atoms with van der Waals surface area (Å²) in [6.07, 6.45) is 0. The molecule has 2 N–H and O–H groups in total. The summed E-state index contributed by atoms with van der Waals surface area (Å²) >= 11 is 12.1. The average Bonchev–Trinajstić information content (AvgIpc) is 2.56. The van der Waals surface area contributed by atoms with Crippen LogP contribution in [0.15, 0.2) is 48.5 Å². The number of anilines is 1. The molecule has 5 heteroatoms. The molecule has 3 nitrogen and oxygen atoms in total. The zero-order valence-electron chi connectivity index (χ0n) is 12.8. The summed E-state index contributed by atoms with van der Waals surface area (Å²) in [5.74, 6) is 0.192. The van der Waals surface area contributed by atoms with Gasteiger partial charge < -0.3 is 5.73 Å². The van der Waals surface area contributed by atoms with E-state index < -0.39 is 0 Å². The van der Waals surface area contributed by atoms with Gasteiger partial charge in [0.05, 0.1) is 15.7 Å². The number of hydrogen-bond acceptors (Lipinski definition) is 3. The number of pyridine rings is 1. The number of aromatic nitrogens is 1. The summed E-state index contributed by atoms with van der Waals surface area (Å²) in [4.78, 5) is 4.38. The maximum atomic E-state index is 9.46. The first kappa shape index (κ1) is 16.3. The summed E-state index contributed by atoms with van der Waals surface area (Å²) in [7, 11) is 0. The number of nitrogens with zero attached hydrogens (tertiary/aromatic N) is 2. The molecule has 1 aromatic heterocycles. The quantitative estimate of drug-likeness (QED) is 0.662. The van der Waals surface area contributed by atoms with Crippen molar-refractivity contribution in [2.45, 2.75) is 6.92 Å². The maximum absolute atomic E-state index is 9.46. The Morgan fingerprint density at radius 3 is 2.46 bits per heavy atom. The van der Waals surface area contributed by atoms with Crippen LogP contribution in [0.4, 0.5) is 5.82 Å². The first-order valence-corrected chi connectivity index (χ1v) is 7.98. The van der Waals surface area contributed by atoms with Gasteiger partial charge in [-0.1, -0.05) is 53.0 Å². The second kappa shape index (κ2) is 6.52. The van der Waals surface area contributed by atoms with Crippen molar-refractivity contribution >= 4 is 29.0 Å². The van der Waals surface area contributed by atoms with Crippen LogP contribution in [0.2, 0.25) is 10.0 Å². The largest absolute Gasteiger partial charge is 0.383 e. The van der Waals surface area contributed by atoms with Gasteiger partial charge in [-0.25, -0.2) is 4.98 Å². The molecule has 3 aromatic rings. The molecule has 2 aromatic carbocycles. The Hall–Kier alpha value is -2.54. The number of halogens is 2. The Bertz CT molecular complexity index is 975. The molecular formula is C19H13Cl2N3. The van der Waals surface area contributed by atoms with Crippen molar-refractivity contribution in [3.05, 3.63) is 69.7 Å². The van der Waals surface area contributed by atoms with Crippen LogP contribution in [-0.2, 0) is 0 Å². The van der Waals surface area contributed by atoms with Gasteiger partial charge in [0.2, 0.25) is 0 Å². The van der Waals surface area contributed by atoms with Gasteiger partial charge in [0, 0.05) is 11.1 Å². The van der Waals surface area contributed by atoms with E-state index in [9.17, 15) is 5.26 Å². The molecule has 0 spiro atoms. The first-order chi connectivity index (χ1) is 11.5. The first-order valence-electron chi connectivity index (χ1n) is 7.22. The molecule has 0 saturated carbocycles. The van der Waals surface area contributed by atoms with Crippen LogP contribution in [0.1, 0.15) is 11.1 Å². The molecule has 24 heavy (non-hydrogen) atoms. The second-order valence-corrected chi connectivity index (χ2v) is 6.24. The molecule has 0 aliphatic rings. The van der Waals surface area contributed by atoms with E-state index in [1.54, 1.807) is 12.1 Å². The fourth-order valence-electron chi connectivity index (χ4n) is 2.53. The van der Waals surface area contributed by atoms with E-state index in [0.717, 1.165) is 16.7 Å². The summed E-state index contributed by atoms with van der Waals surface area (Å²) in [5, 5.41) is 10.3. The number of aryl methyl sites for hydroxylation is 1. The lowest BCUT2D eigenvalue weighted by Crippen LogP contribution is -2.00. The monoisotopic (exact) mass is 353 g/mol. The summed E-state index contributed by atoms with van der Waals surface area (Å²) in [6, 6.07) is 17.1. The number of rotatable bonds is 2. The molecule has 1 heterocycles. The molecule has 3 rings (SSSR count). The van der Waals surface area contributed by atoms with E-state index in [1.165, 1.54) is 0 Å². The zero-order chi connectivity index (χ0) is 17.3. The van der Waals surface area contributed by atoms with Crippen molar-refractivity contribution in [1.82, 2.24) is 4.98 Å². The topological polar surface area (TPSA) is 62.7 Å². The molecule has 0 aliphatic heterocycles. The molecule has 118 valence electrons. The Morgan fingerprint density at radius 2 is 1.79 bits per heavy atom. The smallest absolute Gasteiger partial charge is 0.142 e. The fraction of sp³-hybridized carbons (Fsp3) is 0.0526. The Morgan fingerprint density at radius 1 is 1.00 bits per heavy atom. The van der Waals surface area contributed by atoms with Crippen LogP contribution in [0, 0.1) is 18.3 Å². The third-order valence-corrected chi connectivity index (χ3v) is 4.44. The second-order valence-electron chi connectivity index (χ2n) is 5.43. The highest BCUT2D eigenvalue weighted by molar-refractivity contribution is 6.42.